The molecule has 0 saturated carbocycles. The number of pyridine rings is 1. The molecule has 6 nitrogen and oxygen atoms in total. The minimum atomic E-state index is -0.323. The van der Waals surface area contributed by atoms with Gasteiger partial charge in [-0.25, -0.2) is 19.2 Å². The molecule has 26 heavy (non-hydrogen) atoms. The van der Waals surface area contributed by atoms with Crippen LogP contribution in [0.15, 0.2) is 55.0 Å². The van der Waals surface area contributed by atoms with Crippen LogP contribution in [0.1, 0.15) is 29.9 Å². The lowest BCUT2D eigenvalue weighted by molar-refractivity contribution is 0.237. The van der Waals surface area contributed by atoms with Gasteiger partial charge in [-0.15, -0.1) is 0 Å². The third-order valence-electron chi connectivity index (χ3n) is 4.03. The molecule has 2 N–H and O–H groups in total. The minimum Gasteiger partial charge on any atom is -0.334 e. The monoisotopic (exact) mass is 353 g/mol. The van der Waals surface area contributed by atoms with Gasteiger partial charge in [0.25, 0.3) is 0 Å². The van der Waals surface area contributed by atoms with E-state index >= 15 is 0 Å². The lowest BCUT2D eigenvalue weighted by Crippen LogP contribution is -2.36. The first kappa shape index (κ1) is 17.6. The van der Waals surface area contributed by atoms with Gasteiger partial charge >= 0.3 is 6.03 Å². The van der Waals surface area contributed by atoms with Crippen LogP contribution in [0.3, 0.4) is 0 Å². The van der Waals surface area contributed by atoms with Crippen LogP contribution >= 0.6 is 0 Å². The van der Waals surface area contributed by atoms with Crippen molar-refractivity contribution in [1.82, 2.24) is 25.2 Å². The number of benzene rings is 1. The summed E-state index contributed by atoms with van der Waals surface area (Å²) in [6.07, 6.45) is 5.28. The molecule has 0 spiro atoms. The first-order chi connectivity index (χ1) is 12.5. The molecule has 1 aromatic carbocycles. The lowest BCUT2D eigenvalue weighted by Gasteiger charge is -2.15. The second-order valence-electron chi connectivity index (χ2n) is 5.97. The van der Waals surface area contributed by atoms with Gasteiger partial charge in [-0.05, 0) is 43.2 Å². The van der Waals surface area contributed by atoms with Crippen molar-refractivity contribution in [3.8, 4) is 5.82 Å². The molecule has 0 saturated heterocycles. The van der Waals surface area contributed by atoms with Gasteiger partial charge in [-0.2, -0.15) is 0 Å². The van der Waals surface area contributed by atoms with Crippen LogP contribution in [-0.2, 0) is 6.54 Å². The van der Waals surface area contributed by atoms with Crippen LogP contribution in [0.25, 0.3) is 5.82 Å². The molecule has 2 amide bonds. The maximum absolute atomic E-state index is 13.3. The highest BCUT2D eigenvalue weighted by molar-refractivity contribution is 5.74. The Morgan fingerprint density at radius 1 is 1.27 bits per heavy atom. The number of urea groups is 1. The normalized spacial score (nSPS) is 11.8. The molecular weight excluding hydrogens is 333 g/mol. The van der Waals surface area contributed by atoms with E-state index in [1.165, 1.54) is 12.1 Å². The van der Waals surface area contributed by atoms with E-state index in [0.717, 1.165) is 17.2 Å². The van der Waals surface area contributed by atoms with Crippen molar-refractivity contribution in [2.75, 3.05) is 0 Å². The Balaban J connectivity index is 1.54. The molecule has 0 aliphatic heterocycles. The molecule has 2 heterocycles. The third kappa shape index (κ3) is 4.24. The Morgan fingerprint density at radius 3 is 2.77 bits per heavy atom. The maximum Gasteiger partial charge on any atom is 0.315 e. The van der Waals surface area contributed by atoms with Crippen LogP contribution in [-0.4, -0.2) is 20.6 Å². The van der Waals surface area contributed by atoms with Gasteiger partial charge < -0.3 is 10.6 Å². The summed E-state index contributed by atoms with van der Waals surface area (Å²) in [6, 6.07) is 9.33. The fraction of sp³-hybridized carbons (Fsp3) is 0.211. The second kappa shape index (κ2) is 7.77. The average molecular weight is 353 g/mol. The number of imidazole rings is 1. The first-order valence-electron chi connectivity index (χ1n) is 8.28. The van der Waals surface area contributed by atoms with Gasteiger partial charge in [0.1, 0.15) is 17.5 Å². The van der Waals surface area contributed by atoms with Gasteiger partial charge in [0.15, 0.2) is 0 Å². The predicted molar refractivity (Wildman–Crippen MR) is 96.3 cm³/mol. The summed E-state index contributed by atoms with van der Waals surface area (Å²) in [7, 11) is 0. The maximum atomic E-state index is 13.3. The van der Waals surface area contributed by atoms with Crippen molar-refractivity contribution in [2.24, 2.45) is 0 Å². The van der Waals surface area contributed by atoms with Crippen molar-refractivity contribution < 1.29 is 9.18 Å². The fourth-order valence-corrected chi connectivity index (χ4v) is 2.57. The number of amides is 2. The smallest absolute Gasteiger partial charge is 0.315 e. The van der Waals surface area contributed by atoms with Gasteiger partial charge in [-0.1, -0.05) is 18.2 Å². The fourth-order valence-electron chi connectivity index (χ4n) is 2.57. The summed E-state index contributed by atoms with van der Waals surface area (Å²) in [6.45, 7) is 4.05. The summed E-state index contributed by atoms with van der Waals surface area (Å²) < 4.78 is 15.1. The van der Waals surface area contributed by atoms with Crippen molar-refractivity contribution in [1.29, 1.82) is 0 Å². The molecule has 0 radical (unpaired) electrons. The summed E-state index contributed by atoms with van der Waals surface area (Å²) in [5, 5.41) is 5.56. The zero-order valence-corrected chi connectivity index (χ0v) is 14.6. The van der Waals surface area contributed by atoms with Crippen molar-refractivity contribution in [3.63, 3.8) is 0 Å². The van der Waals surface area contributed by atoms with Crippen LogP contribution in [0.2, 0.25) is 0 Å². The van der Waals surface area contributed by atoms with E-state index in [4.69, 9.17) is 0 Å². The van der Waals surface area contributed by atoms with Crippen molar-refractivity contribution in [2.45, 2.75) is 26.4 Å². The number of halogens is 1. The largest absolute Gasteiger partial charge is 0.334 e. The molecule has 0 bridgehead atoms. The van der Waals surface area contributed by atoms with E-state index in [0.29, 0.717) is 12.1 Å². The Hall–Kier alpha value is -3.22. The minimum absolute atomic E-state index is 0.296. The lowest BCUT2D eigenvalue weighted by atomic mass is 10.1. The van der Waals surface area contributed by atoms with Crippen LogP contribution in [0, 0.1) is 12.7 Å². The van der Waals surface area contributed by atoms with E-state index in [1.807, 2.05) is 29.8 Å². The summed E-state index contributed by atoms with van der Waals surface area (Å²) in [5.41, 5.74) is 1.59. The van der Waals surface area contributed by atoms with Crippen LogP contribution < -0.4 is 10.6 Å². The molecule has 2 aromatic heterocycles. The predicted octanol–water partition coefficient (Wildman–Crippen LogP) is 3.28. The number of hydrogen-bond acceptors (Lipinski definition) is 3. The van der Waals surface area contributed by atoms with E-state index in [9.17, 15) is 9.18 Å². The van der Waals surface area contributed by atoms with E-state index < -0.39 is 0 Å². The van der Waals surface area contributed by atoms with Gasteiger partial charge in [-0.3, -0.25) is 4.57 Å². The molecule has 0 aliphatic rings. The standard InChI is InChI=1S/C19H20FN5O/c1-13(16-4-3-5-17(20)10-16)24-19(26)23-12-15-6-7-18(22-11-15)25-9-8-21-14(25)2/h3-11,13H,12H2,1-2H3,(H2,23,24,26)/t13-/m1/s1. The van der Waals surface area contributed by atoms with Gasteiger partial charge in [0, 0.05) is 25.1 Å². The van der Waals surface area contributed by atoms with E-state index in [1.54, 1.807) is 31.5 Å². The molecule has 1 atom stereocenters. The number of hydrogen-bond donors (Lipinski definition) is 2. The number of aryl methyl sites for hydroxylation is 1. The van der Waals surface area contributed by atoms with E-state index in [2.05, 4.69) is 20.6 Å². The summed E-state index contributed by atoms with van der Waals surface area (Å²) >= 11 is 0. The molecule has 0 aliphatic carbocycles. The number of carbonyl (C=O) groups is 1. The summed E-state index contributed by atoms with van der Waals surface area (Å²) in [5.74, 6) is 1.30. The summed E-state index contributed by atoms with van der Waals surface area (Å²) in [4.78, 5) is 20.6. The number of rotatable bonds is 5. The highest BCUT2D eigenvalue weighted by atomic mass is 19.1. The van der Waals surface area contributed by atoms with Gasteiger partial charge in [0.2, 0.25) is 0 Å². The molecule has 0 fully saturated rings. The molecule has 134 valence electrons. The molecule has 7 heteroatoms. The Bertz CT molecular complexity index is 891. The number of aromatic nitrogens is 3. The van der Waals surface area contributed by atoms with Gasteiger partial charge in [0.05, 0.1) is 6.04 Å². The molecule has 3 aromatic rings. The highest BCUT2D eigenvalue weighted by Crippen LogP contribution is 2.13. The van der Waals surface area contributed by atoms with Crippen LogP contribution in [0.5, 0.6) is 0 Å². The second-order valence-corrected chi connectivity index (χ2v) is 5.97. The third-order valence-corrected chi connectivity index (χ3v) is 4.03. The molecule has 3 rings (SSSR count). The van der Waals surface area contributed by atoms with Crippen LogP contribution in [0.4, 0.5) is 9.18 Å². The Labute approximate surface area is 151 Å². The molecule has 0 unspecified atom stereocenters. The zero-order chi connectivity index (χ0) is 18.5. The number of nitrogens with one attached hydrogen (secondary N) is 2. The number of carbonyl (C=O) groups excluding carboxylic acids is 1. The SMILES string of the molecule is Cc1nccn1-c1ccc(CNC(=O)N[C@H](C)c2cccc(F)c2)cn1. The molecular formula is C19H20FN5O. The van der Waals surface area contributed by atoms with E-state index in [-0.39, 0.29) is 17.9 Å². The topological polar surface area (TPSA) is 71.8 Å². The zero-order valence-electron chi connectivity index (χ0n) is 14.6. The Kier molecular flexibility index (Phi) is 5.26. The Morgan fingerprint density at radius 2 is 2.12 bits per heavy atom. The van der Waals surface area contributed by atoms with Crippen molar-refractivity contribution >= 4 is 6.03 Å². The quantitative estimate of drug-likeness (QED) is 0.739. The highest BCUT2D eigenvalue weighted by Gasteiger charge is 2.10. The average Bonchev–Trinajstić information content (AvgIpc) is 3.06. The first-order valence-corrected chi connectivity index (χ1v) is 8.28. The number of nitrogens with zero attached hydrogens (tertiary/aromatic N) is 3. The van der Waals surface area contributed by atoms with Crippen molar-refractivity contribution in [3.05, 3.63) is 77.8 Å².